The van der Waals surface area contributed by atoms with Crippen molar-refractivity contribution in [3.63, 3.8) is 0 Å². The van der Waals surface area contributed by atoms with E-state index in [1.807, 2.05) is 13.0 Å². The molecule has 2 aromatic carbocycles. The molecule has 1 aliphatic rings. The van der Waals surface area contributed by atoms with Gasteiger partial charge in [-0.05, 0) is 56.2 Å². The molecule has 1 aliphatic heterocycles. The molecule has 0 spiro atoms. The van der Waals surface area contributed by atoms with Crippen molar-refractivity contribution < 1.29 is 19.1 Å². The van der Waals surface area contributed by atoms with Gasteiger partial charge in [-0.2, -0.15) is 0 Å². The predicted octanol–water partition coefficient (Wildman–Crippen LogP) is 3.09. The van der Waals surface area contributed by atoms with Crippen molar-refractivity contribution in [1.29, 1.82) is 0 Å². The number of para-hydroxylation sites is 1. The van der Waals surface area contributed by atoms with Gasteiger partial charge in [0.05, 0.1) is 12.2 Å². The van der Waals surface area contributed by atoms with Crippen molar-refractivity contribution in [2.24, 2.45) is 5.73 Å². The Kier molecular flexibility index (Phi) is 8.95. The molecular formula is C22H28ClN3O4. The van der Waals surface area contributed by atoms with Gasteiger partial charge in [0.25, 0.3) is 5.91 Å². The molecule has 1 atom stereocenters. The summed E-state index contributed by atoms with van der Waals surface area (Å²) in [6, 6.07) is 13.7. The lowest BCUT2D eigenvalue weighted by Crippen LogP contribution is -2.43. The molecule has 3 N–H and O–H groups in total. The molecule has 2 amide bonds. The second kappa shape index (κ2) is 11.4. The summed E-state index contributed by atoms with van der Waals surface area (Å²) in [5.41, 5.74) is 6.56. The molecule has 0 bridgehead atoms. The minimum atomic E-state index is -0.509. The molecule has 3 rings (SSSR count). The number of rotatable bonds is 8. The van der Waals surface area contributed by atoms with E-state index in [4.69, 9.17) is 15.2 Å². The number of likely N-dealkylation sites (tertiary alicyclic amines) is 1. The van der Waals surface area contributed by atoms with E-state index >= 15 is 0 Å². The van der Waals surface area contributed by atoms with Gasteiger partial charge in [0.15, 0.2) is 0 Å². The quantitative estimate of drug-likeness (QED) is 0.667. The second-order valence-corrected chi connectivity index (χ2v) is 6.74. The molecule has 8 heteroatoms. The van der Waals surface area contributed by atoms with Gasteiger partial charge in [-0.25, -0.2) is 0 Å². The fourth-order valence-electron chi connectivity index (χ4n) is 3.40. The van der Waals surface area contributed by atoms with Crippen molar-refractivity contribution in [1.82, 2.24) is 4.90 Å². The van der Waals surface area contributed by atoms with Gasteiger partial charge in [-0.1, -0.05) is 12.1 Å². The number of ether oxygens (including phenoxy) is 2. The number of carbonyl (C=O) groups is 2. The van der Waals surface area contributed by atoms with Crippen molar-refractivity contribution in [2.45, 2.75) is 25.8 Å². The Bertz CT molecular complexity index is 845. The molecule has 0 aliphatic carbocycles. The largest absolute Gasteiger partial charge is 0.493 e. The summed E-state index contributed by atoms with van der Waals surface area (Å²) < 4.78 is 11.0. The van der Waals surface area contributed by atoms with E-state index in [1.54, 1.807) is 47.4 Å². The van der Waals surface area contributed by atoms with Crippen LogP contribution < -0.4 is 20.5 Å². The third-order valence-corrected chi connectivity index (χ3v) is 4.74. The van der Waals surface area contributed by atoms with Gasteiger partial charge in [0, 0.05) is 18.8 Å². The average Bonchev–Trinajstić information content (AvgIpc) is 3.23. The van der Waals surface area contributed by atoms with E-state index in [0.717, 1.165) is 6.42 Å². The molecule has 1 fully saturated rings. The lowest BCUT2D eigenvalue weighted by atomic mass is 10.1. The lowest BCUT2D eigenvalue weighted by Gasteiger charge is -2.25. The second-order valence-electron chi connectivity index (χ2n) is 6.74. The Labute approximate surface area is 182 Å². The monoisotopic (exact) mass is 433 g/mol. The average molecular weight is 434 g/mol. The number of nitrogens with two attached hydrogens (primary N) is 1. The van der Waals surface area contributed by atoms with Gasteiger partial charge in [-0.3, -0.25) is 9.59 Å². The zero-order chi connectivity index (χ0) is 20.6. The minimum absolute atomic E-state index is 0. The van der Waals surface area contributed by atoms with Gasteiger partial charge < -0.3 is 25.4 Å². The molecule has 1 saturated heterocycles. The Hall–Kier alpha value is -2.77. The molecule has 0 radical (unpaired) electrons. The fraction of sp³-hybridized carbons (Fsp3) is 0.364. The van der Waals surface area contributed by atoms with E-state index < -0.39 is 6.04 Å². The maximum Gasteiger partial charge on any atom is 0.258 e. The van der Waals surface area contributed by atoms with Gasteiger partial charge in [-0.15, -0.1) is 12.4 Å². The number of hydrogen-bond acceptors (Lipinski definition) is 5. The maximum absolute atomic E-state index is 13.1. The first kappa shape index (κ1) is 23.5. The topological polar surface area (TPSA) is 93.9 Å². The molecule has 7 nitrogen and oxygen atoms in total. The highest BCUT2D eigenvalue weighted by molar-refractivity contribution is 6.02. The number of nitrogens with zero attached hydrogens (tertiary/aromatic N) is 1. The van der Waals surface area contributed by atoms with Crippen LogP contribution in [0.5, 0.6) is 11.5 Å². The zero-order valence-corrected chi connectivity index (χ0v) is 17.8. The molecule has 2 aromatic rings. The van der Waals surface area contributed by atoms with E-state index in [1.165, 1.54) is 0 Å². The van der Waals surface area contributed by atoms with Crippen LogP contribution in [0.25, 0.3) is 0 Å². The summed E-state index contributed by atoms with van der Waals surface area (Å²) in [5, 5.41) is 2.90. The summed E-state index contributed by atoms with van der Waals surface area (Å²) in [7, 11) is 0. The van der Waals surface area contributed by atoms with Gasteiger partial charge >= 0.3 is 0 Å². The molecule has 1 heterocycles. The Morgan fingerprint density at radius 2 is 1.87 bits per heavy atom. The highest BCUT2D eigenvalue weighted by Crippen LogP contribution is 2.26. The number of anilines is 1. The number of carbonyl (C=O) groups excluding carboxylic acids is 2. The predicted molar refractivity (Wildman–Crippen MR) is 119 cm³/mol. The first-order valence-electron chi connectivity index (χ1n) is 9.90. The van der Waals surface area contributed by atoms with Crippen molar-refractivity contribution in [2.75, 3.05) is 31.6 Å². The summed E-state index contributed by atoms with van der Waals surface area (Å²) in [5.74, 6) is 0.857. The number of benzene rings is 2. The standard InChI is InChI=1S/C22H27N3O4.ClH/c1-2-28-20-8-4-3-6-18(20)22(27)25-14-5-7-19(25)21(26)24-16-9-11-17(12-10-16)29-15-13-23;/h3-4,6,8-12,19H,2,5,7,13-15,23H2,1H3,(H,24,26);1H. The molecule has 30 heavy (non-hydrogen) atoms. The van der Waals surface area contributed by atoms with Crippen LogP contribution in [0.3, 0.4) is 0 Å². The summed E-state index contributed by atoms with van der Waals surface area (Å²) >= 11 is 0. The molecule has 162 valence electrons. The van der Waals surface area contributed by atoms with Crippen LogP contribution in [0.2, 0.25) is 0 Å². The van der Waals surface area contributed by atoms with Crippen molar-refractivity contribution in [3.8, 4) is 11.5 Å². The van der Waals surface area contributed by atoms with Crippen molar-refractivity contribution in [3.05, 3.63) is 54.1 Å². The molecular weight excluding hydrogens is 406 g/mol. The van der Waals surface area contributed by atoms with Crippen LogP contribution in [-0.2, 0) is 4.79 Å². The van der Waals surface area contributed by atoms with Crippen LogP contribution in [-0.4, -0.2) is 49.1 Å². The number of halogens is 1. The highest BCUT2D eigenvalue weighted by Gasteiger charge is 2.35. The van der Waals surface area contributed by atoms with E-state index in [-0.39, 0.29) is 24.2 Å². The number of nitrogens with one attached hydrogen (secondary N) is 1. The van der Waals surface area contributed by atoms with Gasteiger partial charge in [0.2, 0.25) is 5.91 Å². The first-order chi connectivity index (χ1) is 14.1. The Balaban J connectivity index is 0.00000320. The Morgan fingerprint density at radius 3 is 2.57 bits per heavy atom. The highest BCUT2D eigenvalue weighted by atomic mass is 35.5. The van der Waals surface area contributed by atoms with Crippen LogP contribution in [0.4, 0.5) is 5.69 Å². The van der Waals surface area contributed by atoms with Crippen molar-refractivity contribution >= 4 is 29.9 Å². The number of hydrogen-bond donors (Lipinski definition) is 2. The third-order valence-electron chi connectivity index (χ3n) is 4.74. The normalized spacial score (nSPS) is 15.3. The molecule has 0 saturated carbocycles. The smallest absolute Gasteiger partial charge is 0.258 e. The zero-order valence-electron chi connectivity index (χ0n) is 17.0. The minimum Gasteiger partial charge on any atom is -0.493 e. The summed E-state index contributed by atoms with van der Waals surface area (Å²) in [6.07, 6.45) is 1.42. The third kappa shape index (κ3) is 5.64. The van der Waals surface area contributed by atoms with Crippen LogP contribution >= 0.6 is 12.4 Å². The summed E-state index contributed by atoms with van der Waals surface area (Å²) in [6.45, 7) is 3.77. The van der Waals surface area contributed by atoms with E-state index in [0.29, 0.717) is 55.5 Å². The van der Waals surface area contributed by atoms with E-state index in [9.17, 15) is 9.59 Å². The van der Waals surface area contributed by atoms with Crippen LogP contribution in [0, 0.1) is 0 Å². The Morgan fingerprint density at radius 1 is 1.13 bits per heavy atom. The van der Waals surface area contributed by atoms with Crippen LogP contribution in [0.1, 0.15) is 30.1 Å². The first-order valence-corrected chi connectivity index (χ1v) is 9.90. The fourth-order valence-corrected chi connectivity index (χ4v) is 3.40. The summed E-state index contributed by atoms with van der Waals surface area (Å²) in [4.78, 5) is 27.6. The van der Waals surface area contributed by atoms with E-state index in [2.05, 4.69) is 5.32 Å². The van der Waals surface area contributed by atoms with Crippen LogP contribution in [0.15, 0.2) is 48.5 Å². The molecule has 0 aromatic heterocycles. The van der Waals surface area contributed by atoms with Gasteiger partial charge in [0.1, 0.15) is 24.1 Å². The lowest BCUT2D eigenvalue weighted by molar-refractivity contribution is -0.119. The SMILES string of the molecule is CCOc1ccccc1C(=O)N1CCCC1C(=O)Nc1ccc(OCCN)cc1.Cl. The number of amides is 2. The maximum atomic E-state index is 13.1. The molecule has 1 unspecified atom stereocenters.